The summed E-state index contributed by atoms with van der Waals surface area (Å²) in [6.07, 6.45) is 4.67. The molecular weight excluding hydrogens is 324 g/mol. The van der Waals surface area contributed by atoms with Gasteiger partial charge in [-0.25, -0.2) is 4.98 Å². The van der Waals surface area contributed by atoms with Crippen molar-refractivity contribution < 1.29 is 0 Å². The fourth-order valence-corrected chi connectivity index (χ4v) is 3.59. The van der Waals surface area contributed by atoms with Crippen LogP contribution in [0.5, 0.6) is 0 Å². The third kappa shape index (κ3) is 3.22. The number of hydrogen-bond donors (Lipinski definition) is 2. The van der Waals surface area contributed by atoms with Gasteiger partial charge in [0.15, 0.2) is 0 Å². The van der Waals surface area contributed by atoms with Crippen molar-refractivity contribution >= 4 is 11.3 Å². The van der Waals surface area contributed by atoms with E-state index in [0.717, 1.165) is 49.3 Å². The Morgan fingerprint density at radius 2 is 2.08 bits per heavy atom. The Morgan fingerprint density at radius 1 is 1.23 bits per heavy atom. The van der Waals surface area contributed by atoms with Crippen molar-refractivity contribution in [2.24, 2.45) is 0 Å². The fraction of sp³-hybridized carbons (Fsp3) is 0.333. The predicted molar refractivity (Wildman–Crippen MR) is 106 cm³/mol. The van der Waals surface area contributed by atoms with E-state index in [1.54, 1.807) is 10.6 Å². The number of benzene rings is 1. The molecule has 3 heterocycles. The van der Waals surface area contributed by atoms with E-state index in [4.69, 9.17) is 4.98 Å². The minimum Gasteiger partial charge on any atom is -0.381 e. The number of rotatable bonds is 5. The number of fused-ring (bicyclic) bond motifs is 1. The predicted octanol–water partition coefficient (Wildman–Crippen LogP) is 3.09. The Hall–Kier alpha value is -2.66. The van der Waals surface area contributed by atoms with E-state index in [9.17, 15) is 4.79 Å². The van der Waals surface area contributed by atoms with Crippen LogP contribution in [-0.2, 0) is 6.42 Å². The molecule has 26 heavy (non-hydrogen) atoms. The third-order valence-corrected chi connectivity index (χ3v) is 4.90. The number of anilines is 1. The highest BCUT2D eigenvalue weighted by molar-refractivity contribution is 5.69. The molecule has 0 spiro atoms. The number of aromatic nitrogens is 2. The van der Waals surface area contributed by atoms with Crippen LogP contribution in [0, 0.1) is 0 Å². The number of hydrogen-bond acceptors (Lipinski definition) is 4. The average molecular weight is 348 g/mol. The highest BCUT2D eigenvalue weighted by Gasteiger charge is 2.16. The lowest BCUT2D eigenvalue weighted by Gasteiger charge is -2.14. The molecule has 0 amide bonds. The zero-order valence-corrected chi connectivity index (χ0v) is 15.0. The molecule has 3 aromatic rings. The minimum atomic E-state index is -0.000230. The molecule has 134 valence electrons. The minimum absolute atomic E-state index is 0.000230. The normalized spacial score (nSPS) is 16.9. The van der Waals surface area contributed by atoms with Gasteiger partial charge in [0.25, 0.3) is 5.56 Å². The van der Waals surface area contributed by atoms with Crippen LogP contribution in [0.25, 0.3) is 16.8 Å². The van der Waals surface area contributed by atoms with Gasteiger partial charge in [-0.3, -0.25) is 9.20 Å². The molecule has 0 aliphatic carbocycles. The average Bonchev–Trinajstić information content (AvgIpc) is 3.16. The van der Waals surface area contributed by atoms with Crippen molar-refractivity contribution in [1.82, 2.24) is 14.7 Å². The maximum Gasteiger partial charge on any atom is 0.265 e. The molecule has 1 saturated heterocycles. The van der Waals surface area contributed by atoms with Gasteiger partial charge in [0.05, 0.1) is 11.3 Å². The Morgan fingerprint density at radius 3 is 2.81 bits per heavy atom. The highest BCUT2D eigenvalue weighted by Crippen LogP contribution is 2.23. The SMILES string of the molecule is CCCc1nc2ccccn2c(=O)c1-c1ccc(NC2CCNC2)cc1. The van der Waals surface area contributed by atoms with Crippen molar-refractivity contribution in [3.63, 3.8) is 0 Å². The monoisotopic (exact) mass is 348 g/mol. The lowest BCUT2D eigenvalue weighted by Crippen LogP contribution is -2.22. The molecule has 0 radical (unpaired) electrons. The fourth-order valence-electron chi connectivity index (χ4n) is 3.59. The van der Waals surface area contributed by atoms with Crippen molar-refractivity contribution in [2.75, 3.05) is 18.4 Å². The van der Waals surface area contributed by atoms with Gasteiger partial charge >= 0.3 is 0 Å². The molecule has 2 aromatic heterocycles. The summed E-state index contributed by atoms with van der Waals surface area (Å²) >= 11 is 0. The van der Waals surface area contributed by atoms with E-state index >= 15 is 0 Å². The summed E-state index contributed by atoms with van der Waals surface area (Å²) in [4.78, 5) is 17.8. The van der Waals surface area contributed by atoms with Crippen molar-refractivity contribution in [3.8, 4) is 11.1 Å². The van der Waals surface area contributed by atoms with Gasteiger partial charge in [0.1, 0.15) is 5.65 Å². The zero-order chi connectivity index (χ0) is 17.9. The third-order valence-electron chi connectivity index (χ3n) is 4.90. The number of aryl methyl sites for hydroxylation is 1. The molecule has 1 aliphatic rings. The molecule has 1 fully saturated rings. The molecule has 5 nitrogen and oxygen atoms in total. The Balaban J connectivity index is 1.73. The van der Waals surface area contributed by atoms with Gasteiger partial charge in [-0.2, -0.15) is 0 Å². The Bertz CT molecular complexity index is 956. The second kappa shape index (κ2) is 7.30. The van der Waals surface area contributed by atoms with Crippen molar-refractivity contribution in [2.45, 2.75) is 32.2 Å². The van der Waals surface area contributed by atoms with Crippen LogP contribution in [-0.4, -0.2) is 28.5 Å². The summed E-state index contributed by atoms with van der Waals surface area (Å²) in [7, 11) is 0. The first kappa shape index (κ1) is 16.8. The van der Waals surface area contributed by atoms with Gasteiger partial charge in [0, 0.05) is 24.5 Å². The second-order valence-corrected chi connectivity index (χ2v) is 6.83. The second-order valence-electron chi connectivity index (χ2n) is 6.83. The van der Waals surface area contributed by atoms with Gasteiger partial charge in [-0.15, -0.1) is 0 Å². The van der Waals surface area contributed by atoms with E-state index in [-0.39, 0.29) is 5.56 Å². The molecule has 5 heteroatoms. The highest BCUT2D eigenvalue weighted by atomic mass is 16.1. The van der Waals surface area contributed by atoms with Crippen LogP contribution in [0.3, 0.4) is 0 Å². The smallest absolute Gasteiger partial charge is 0.265 e. The molecular formula is C21H24N4O. The van der Waals surface area contributed by atoms with Crippen LogP contribution in [0.1, 0.15) is 25.5 Å². The van der Waals surface area contributed by atoms with Gasteiger partial charge in [-0.05, 0) is 49.2 Å². The summed E-state index contributed by atoms with van der Waals surface area (Å²) in [6, 6.07) is 14.3. The van der Waals surface area contributed by atoms with E-state index in [1.165, 1.54) is 0 Å². The molecule has 2 N–H and O–H groups in total. The molecule has 0 saturated carbocycles. The molecule has 1 aliphatic heterocycles. The first-order chi connectivity index (χ1) is 12.8. The molecule has 1 aromatic carbocycles. The van der Waals surface area contributed by atoms with Crippen molar-refractivity contribution in [1.29, 1.82) is 0 Å². The number of nitrogens with zero attached hydrogens (tertiary/aromatic N) is 2. The summed E-state index contributed by atoms with van der Waals surface area (Å²) in [5.74, 6) is 0. The first-order valence-electron chi connectivity index (χ1n) is 9.34. The molecule has 1 unspecified atom stereocenters. The van der Waals surface area contributed by atoms with Gasteiger partial charge in [-0.1, -0.05) is 31.5 Å². The lowest BCUT2D eigenvalue weighted by molar-refractivity contribution is 0.793. The quantitative estimate of drug-likeness (QED) is 0.744. The van der Waals surface area contributed by atoms with Crippen LogP contribution < -0.4 is 16.2 Å². The van der Waals surface area contributed by atoms with Crippen LogP contribution in [0.4, 0.5) is 5.69 Å². The zero-order valence-electron chi connectivity index (χ0n) is 15.0. The summed E-state index contributed by atoms with van der Waals surface area (Å²) in [6.45, 7) is 4.18. The van der Waals surface area contributed by atoms with Crippen LogP contribution in [0.15, 0.2) is 53.5 Å². The van der Waals surface area contributed by atoms with Crippen LogP contribution >= 0.6 is 0 Å². The molecule has 0 bridgehead atoms. The van der Waals surface area contributed by atoms with E-state index in [0.29, 0.717) is 17.3 Å². The van der Waals surface area contributed by atoms with Gasteiger partial charge in [0.2, 0.25) is 0 Å². The van der Waals surface area contributed by atoms with E-state index < -0.39 is 0 Å². The molecule has 4 rings (SSSR count). The Kier molecular flexibility index (Phi) is 4.71. The maximum absolute atomic E-state index is 13.1. The maximum atomic E-state index is 13.1. The first-order valence-corrected chi connectivity index (χ1v) is 9.34. The van der Waals surface area contributed by atoms with Gasteiger partial charge < -0.3 is 10.6 Å². The number of pyridine rings is 1. The van der Waals surface area contributed by atoms with E-state index in [2.05, 4.69) is 29.7 Å². The standard InChI is InChI=1S/C21H24N4O/c1-2-5-18-20(21(26)25-13-4-3-6-19(25)24-18)15-7-9-16(10-8-15)23-17-11-12-22-14-17/h3-4,6-10,13,17,22-23H,2,5,11-12,14H2,1H3. The topological polar surface area (TPSA) is 58.4 Å². The summed E-state index contributed by atoms with van der Waals surface area (Å²) in [5.41, 5.74) is 4.32. The lowest BCUT2D eigenvalue weighted by atomic mass is 10.0. The van der Waals surface area contributed by atoms with E-state index in [1.807, 2.05) is 30.3 Å². The summed E-state index contributed by atoms with van der Waals surface area (Å²) < 4.78 is 1.63. The largest absolute Gasteiger partial charge is 0.381 e. The molecule has 1 atom stereocenters. The number of nitrogens with one attached hydrogen (secondary N) is 2. The van der Waals surface area contributed by atoms with Crippen LogP contribution in [0.2, 0.25) is 0 Å². The van der Waals surface area contributed by atoms with Crippen molar-refractivity contribution in [3.05, 3.63) is 64.7 Å². The Labute approximate surface area is 153 Å². The summed E-state index contributed by atoms with van der Waals surface area (Å²) in [5, 5.41) is 6.90.